The molecule has 7 rings (SSSR count). The summed E-state index contributed by atoms with van der Waals surface area (Å²) in [4.78, 5) is 22.2. The molecule has 0 atom stereocenters. The first kappa shape index (κ1) is 30.8. The van der Waals surface area contributed by atoms with Crippen molar-refractivity contribution < 1.29 is 20.1 Å². The molecule has 219 valence electrons. The smallest absolute Gasteiger partial charge is 0.105 e. The minimum Gasteiger partial charge on any atom is -0.357 e. The van der Waals surface area contributed by atoms with Gasteiger partial charge < -0.3 is 4.98 Å². The second-order valence-electron chi connectivity index (χ2n) is 11.4. The zero-order valence-electron chi connectivity index (χ0n) is 25.1. The van der Waals surface area contributed by atoms with Crippen molar-refractivity contribution in [3.8, 4) is 33.5 Å². The van der Waals surface area contributed by atoms with Gasteiger partial charge in [0, 0.05) is 54.4 Å². The summed E-state index contributed by atoms with van der Waals surface area (Å²) in [5.74, 6) is 0. The van der Waals surface area contributed by atoms with Crippen molar-refractivity contribution in [1.29, 1.82) is 0 Å². The van der Waals surface area contributed by atoms with Gasteiger partial charge in [0.1, 0.15) is 6.33 Å². The maximum Gasteiger partial charge on any atom is 0.105 e. The molecule has 0 aliphatic rings. The first-order chi connectivity index (χ1) is 20.9. The Morgan fingerprint density at radius 1 is 0.591 bits per heavy atom. The van der Waals surface area contributed by atoms with Crippen LogP contribution in [0.1, 0.15) is 32.2 Å². The summed E-state index contributed by atoms with van der Waals surface area (Å²) in [5, 5.41) is 2.26. The van der Waals surface area contributed by atoms with Crippen LogP contribution in [0, 0.1) is 13.0 Å². The number of fused-ring (bicyclic) bond motifs is 3. The number of aromatic nitrogens is 5. The molecule has 0 amide bonds. The second kappa shape index (κ2) is 13.3. The van der Waals surface area contributed by atoms with Gasteiger partial charge in [0.05, 0.1) is 11.0 Å². The van der Waals surface area contributed by atoms with Crippen molar-refractivity contribution in [1.82, 2.24) is 24.9 Å². The quantitative estimate of drug-likeness (QED) is 0.133. The Bertz CT molecular complexity index is 1920. The third kappa shape index (κ3) is 6.47. The molecule has 0 saturated heterocycles. The monoisotopic (exact) mass is 751 g/mol. The fourth-order valence-electron chi connectivity index (χ4n) is 5.17. The third-order valence-electron chi connectivity index (χ3n) is 7.41. The molecule has 0 unspecified atom stereocenters. The zero-order chi connectivity index (χ0) is 29.8. The van der Waals surface area contributed by atoms with Crippen LogP contribution in [0.4, 0.5) is 0 Å². The molecular formula is C38H32IrN5-. The molecule has 0 bridgehead atoms. The Hall–Kier alpha value is -4.64. The molecular weight excluding hydrogens is 719 g/mol. The minimum atomic E-state index is 0. The normalized spacial score (nSPS) is 11.0. The molecule has 5 nitrogen and oxygen atoms in total. The van der Waals surface area contributed by atoms with E-state index in [1.807, 2.05) is 37.5 Å². The van der Waals surface area contributed by atoms with E-state index in [0.717, 1.165) is 44.5 Å². The van der Waals surface area contributed by atoms with Crippen molar-refractivity contribution in [3.63, 3.8) is 0 Å². The standard InChI is InChI=1S/C24H16N2.C14H16N3.Ir/c1-3-7-17(8-4-1)19-13-15-25-23-21(19)11-12-22-20(14-16-26-24(22)23)18-9-5-2-6-10-18;1-10-11(6-5-7-15-10)12-8-13(14(2,3)4)17-9-16-12;/h1-16H;5,7-9H,1-4H3;/q;-1;. The molecule has 4 heterocycles. The van der Waals surface area contributed by atoms with E-state index in [9.17, 15) is 0 Å². The number of rotatable bonds is 3. The fourth-order valence-corrected chi connectivity index (χ4v) is 5.17. The van der Waals surface area contributed by atoms with Gasteiger partial charge >= 0.3 is 0 Å². The first-order valence-electron chi connectivity index (χ1n) is 14.3. The number of hydrogen-bond acceptors (Lipinski definition) is 5. The summed E-state index contributed by atoms with van der Waals surface area (Å²) >= 11 is 0. The van der Waals surface area contributed by atoms with Gasteiger partial charge in [-0.15, -0.1) is 17.7 Å². The van der Waals surface area contributed by atoms with Crippen LogP contribution in [0.5, 0.6) is 0 Å². The van der Waals surface area contributed by atoms with E-state index in [-0.39, 0.29) is 25.5 Å². The van der Waals surface area contributed by atoms with E-state index in [1.54, 1.807) is 18.6 Å². The van der Waals surface area contributed by atoms with Gasteiger partial charge in [0.2, 0.25) is 0 Å². The van der Waals surface area contributed by atoms with E-state index in [0.29, 0.717) is 0 Å². The van der Waals surface area contributed by atoms with Gasteiger partial charge in [0.25, 0.3) is 0 Å². The van der Waals surface area contributed by atoms with Crippen LogP contribution in [0.2, 0.25) is 0 Å². The number of nitrogens with zero attached hydrogens (tertiary/aromatic N) is 5. The average Bonchev–Trinajstić information content (AvgIpc) is 3.05. The van der Waals surface area contributed by atoms with Gasteiger partial charge in [-0.3, -0.25) is 15.0 Å². The largest absolute Gasteiger partial charge is 0.357 e. The Morgan fingerprint density at radius 2 is 1.14 bits per heavy atom. The van der Waals surface area contributed by atoms with Crippen molar-refractivity contribution >= 4 is 21.8 Å². The van der Waals surface area contributed by atoms with Crippen LogP contribution < -0.4 is 0 Å². The van der Waals surface area contributed by atoms with Crippen LogP contribution in [-0.4, -0.2) is 24.9 Å². The van der Waals surface area contributed by atoms with Crippen LogP contribution in [-0.2, 0) is 25.5 Å². The van der Waals surface area contributed by atoms with Crippen LogP contribution in [0.3, 0.4) is 0 Å². The molecule has 4 aromatic heterocycles. The summed E-state index contributed by atoms with van der Waals surface area (Å²) in [6, 6.07) is 36.3. The number of hydrogen-bond donors (Lipinski definition) is 0. The molecule has 0 spiro atoms. The van der Waals surface area contributed by atoms with Gasteiger partial charge in [-0.25, -0.2) is 4.98 Å². The average molecular weight is 751 g/mol. The van der Waals surface area contributed by atoms with Crippen molar-refractivity contribution in [3.05, 3.63) is 139 Å². The zero-order valence-corrected chi connectivity index (χ0v) is 27.5. The van der Waals surface area contributed by atoms with Crippen molar-refractivity contribution in [2.45, 2.75) is 33.1 Å². The first-order valence-corrected chi connectivity index (χ1v) is 14.3. The summed E-state index contributed by atoms with van der Waals surface area (Å²) < 4.78 is 0. The number of aryl methyl sites for hydroxylation is 1. The van der Waals surface area contributed by atoms with Crippen LogP contribution in [0.15, 0.2) is 122 Å². The SMILES string of the molecule is Cc1ncc[c-]c1-c1cc(C(C)(C)C)ncn1.[Ir].c1ccc(-c2ccnc3c2ccc2c(-c4ccccc4)ccnc23)cc1. The second-order valence-corrected chi connectivity index (χ2v) is 11.4. The maximum atomic E-state index is 4.67. The summed E-state index contributed by atoms with van der Waals surface area (Å²) in [6.07, 6.45) is 7.10. The topological polar surface area (TPSA) is 64.5 Å². The summed E-state index contributed by atoms with van der Waals surface area (Å²) in [6.45, 7) is 8.38. The summed E-state index contributed by atoms with van der Waals surface area (Å²) in [5.41, 5.74) is 10.5. The Balaban J connectivity index is 0.000000187. The van der Waals surface area contributed by atoms with E-state index >= 15 is 0 Å². The Labute approximate surface area is 271 Å². The predicted octanol–water partition coefficient (Wildman–Crippen LogP) is 9.06. The van der Waals surface area contributed by atoms with Crippen LogP contribution in [0.25, 0.3) is 55.3 Å². The third-order valence-corrected chi connectivity index (χ3v) is 7.41. The van der Waals surface area contributed by atoms with Gasteiger partial charge in [0.15, 0.2) is 0 Å². The Morgan fingerprint density at radius 3 is 1.64 bits per heavy atom. The van der Waals surface area contributed by atoms with Crippen molar-refractivity contribution in [2.24, 2.45) is 0 Å². The molecule has 0 saturated carbocycles. The van der Waals surface area contributed by atoms with Crippen molar-refractivity contribution in [2.75, 3.05) is 0 Å². The molecule has 0 fully saturated rings. The Kier molecular flexibility index (Phi) is 9.34. The van der Waals surface area contributed by atoms with Gasteiger partial charge in [-0.1, -0.05) is 113 Å². The summed E-state index contributed by atoms with van der Waals surface area (Å²) in [7, 11) is 0. The minimum absolute atomic E-state index is 0. The number of benzene rings is 3. The molecule has 6 heteroatoms. The molecule has 44 heavy (non-hydrogen) atoms. The molecule has 7 aromatic rings. The maximum absolute atomic E-state index is 4.67. The number of pyridine rings is 3. The van der Waals surface area contributed by atoms with E-state index in [4.69, 9.17) is 0 Å². The van der Waals surface area contributed by atoms with Gasteiger partial charge in [-0.05, 0) is 45.8 Å². The molecule has 0 aliphatic heterocycles. The fraction of sp³-hybridized carbons (Fsp3) is 0.132. The molecule has 1 radical (unpaired) electrons. The van der Waals surface area contributed by atoms with E-state index in [2.05, 4.69) is 125 Å². The van der Waals surface area contributed by atoms with Gasteiger partial charge in [-0.2, -0.15) is 0 Å². The van der Waals surface area contributed by atoms with E-state index in [1.165, 1.54) is 22.3 Å². The van der Waals surface area contributed by atoms with E-state index < -0.39 is 0 Å². The molecule has 0 aliphatic carbocycles. The predicted molar refractivity (Wildman–Crippen MR) is 175 cm³/mol. The van der Waals surface area contributed by atoms with Crippen LogP contribution >= 0.6 is 0 Å². The molecule has 0 N–H and O–H groups in total. The molecule has 3 aromatic carbocycles.